The minimum atomic E-state index is 0.00721. The first kappa shape index (κ1) is 21.3. The van der Waals surface area contributed by atoms with Crippen molar-refractivity contribution >= 4 is 16.9 Å². The van der Waals surface area contributed by atoms with Gasteiger partial charge in [0.05, 0.1) is 11.3 Å². The van der Waals surface area contributed by atoms with Crippen molar-refractivity contribution in [1.82, 2.24) is 14.9 Å². The second-order valence-electron chi connectivity index (χ2n) is 9.16. The van der Waals surface area contributed by atoms with Gasteiger partial charge in [0.25, 0.3) is 5.91 Å². The van der Waals surface area contributed by atoms with Gasteiger partial charge in [-0.25, -0.2) is 9.97 Å². The van der Waals surface area contributed by atoms with E-state index in [4.69, 9.17) is 4.98 Å². The van der Waals surface area contributed by atoms with Gasteiger partial charge in [-0.05, 0) is 36.6 Å². The fraction of sp³-hybridized carbons (Fsp3) is 0.276. The lowest BCUT2D eigenvalue weighted by atomic mass is 9.69. The minimum absolute atomic E-state index is 0.00721. The van der Waals surface area contributed by atoms with E-state index >= 15 is 0 Å². The van der Waals surface area contributed by atoms with E-state index in [1.807, 2.05) is 60.5 Å². The Bertz CT molecular complexity index is 1250. The molecule has 0 saturated heterocycles. The molecule has 0 radical (unpaired) electrons. The lowest BCUT2D eigenvalue weighted by Crippen LogP contribution is -2.43. The Labute approximate surface area is 195 Å². The number of carbonyl (C=O) groups is 1. The van der Waals surface area contributed by atoms with Crippen LogP contribution in [0.4, 0.5) is 0 Å². The number of hydrogen-bond acceptors (Lipinski definition) is 3. The van der Waals surface area contributed by atoms with E-state index in [0.29, 0.717) is 17.8 Å². The Morgan fingerprint density at radius 1 is 0.909 bits per heavy atom. The van der Waals surface area contributed by atoms with E-state index in [1.165, 1.54) is 24.8 Å². The summed E-state index contributed by atoms with van der Waals surface area (Å²) in [6, 6.07) is 26.5. The smallest absolute Gasteiger partial charge is 0.254 e. The molecule has 1 saturated carbocycles. The molecule has 166 valence electrons. The van der Waals surface area contributed by atoms with Crippen molar-refractivity contribution in [2.75, 3.05) is 13.6 Å². The average molecular weight is 436 g/mol. The molecule has 4 heteroatoms. The predicted octanol–water partition coefficient (Wildman–Crippen LogP) is 6.27. The molecule has 2 aromatic heterocycles. The van der Waals surface area contributed by atoms with Crippen LogP contribution in [0.3, 0.4) is 0 Å². The predicted molar refractivity (Wildman–Crippen MR) is 133 cm³/mol. The maximum Gasteiger partial charge on any atom is 0.254 e. The molecule has 2 heterocycles. The fourth-order valence-electron chi connectivity index (χ4n) is 5.28. The van der Waals surface area contributed by atoms with Gasteiger partial charge in [-0.15, -0.1) is 0 Å². The van der Waals surface area contributed by atoms with E-state index in [0.717, 1.165) is 29.5 Å². The number of carbonyl (C=O) groups excluding carboxylic acids is 1. The van der Waals surface area contributed by atoms with Gasteiger partial charge < -0.3 is 4.90 Å². The zero-order chi connectivity index (χ0) is 22.7. The molecule has 2 aromatic carbocycles. The Hall–Kier alpha value is -3.53. The first-order valence-corrected chi connectivity index (χ1v) is 11.8. The third kappa shape index (κ3) is 4.25. The highest BCUT2D eigenvalue weighted by molar-refractivity contribution is 6.06. The van der Waals surface area contributed by atoms with Crippen molar-refractivity contribution in [3.63, 3.8) is 0 Å². The maximum atomic E-state index is 13.9. The zero-order valence-corrected chi connectivity index (χ0v) is 19.1. The minimum Gasteiger partial charge on any atom is -0.341 e. The van der Waals surface area contributed by atoms with Crippen molar-refractivity contribution in [3.8, 4) is 11.3 Å². The van der Waals surface area contributed by atoms with Crippen LogP contribution in [0.5, 0.6) is 0 Å². The molecule has 1 aliphatic carbocycles. The number of rotatable bonds is 5. The van der Waals surface area contributed by atoms with Gasteiger partial charge in [-0.1, -0.05) is 79.9 Å². The second kappa shape index (κ2) is 9.14. The molecular formula is C29H29N3O. The molecule has 1 aliphatic rings. The summed E-state index contributed by atoms with van der Waals surface area (Å²) < 4.78 is 0. The molecule has 0 spiro atoms. The van der Waals surface area contributed by atoms with E-state index in [1.54, 1.807) is 6.20 Å². The topological polar surface area (TPSA) is 46.1 Å². The van der Waals surface area contributed by atoms with Crippen molar-refractivity contribution in [3.05, 3.63) is 96.2 Å². The lowest BCUT2D eigenvalue weighted by molar-refractivity contribution is 0.0739. The van der Waals surface area contributed by atoms with Crippen LogP contribution in [-0.4, -0.2) is 34.4 Å². The van der Waals surface area contributed by atoms with Crippen LogP contribution in [0.1, 0.15) is 48.0 Å². The van der Waals surface area contributed by atoms with Crippen LogP contribution < -0.4 is 0 Å². The number of benzene rings is 2. The summed E-state index contributed by atoms with van der Waals surface area (Å²) in [6.45, 7) is 0.709. The normalized spacial score (nSPS) is 15.3. The number of aromatic nitrogens is 2. The lowest BCUT2D eigenvalue weighted by Gasteiger charge is -2.41. The van der Waals surface area contributed by atoms with Crippen LogP contribution >= 0.6 is 0 Å². The van der Waals surface area contributed by atoms with Gasteiger partial charge in [-0.2, -0.15) is 0 Å². The molecule has 0 aliphatic heterocycles. The van der Waals surface area contributed by atoms with E-state index in [2.05, 4.69) is 35.3 Å². The van der Waals surface area contributed by atoms with E-state index < -0.39 is 0 Å². The quantitative estimate of drug-likeness (QED) is 0.371. The number of fused-ring (bicyclic) bond motifs is 1. The third-order valence-corrected chi connectivity index (χ3v) is 6.97. The van der Waals surface area contributed by atoms with Crippen LogP contribution in [0.25, 0.3) is 22.3 Å². The number of nitrogens with zero attached hydrogens (tertiary/aromatic N) is 3. The van der Waals surface area contributed by atoms with Crippen molar-refractivity contribution in [2.45, 2.75) is 37.5 Å². The Morgan fingerprint density at radius 3 is 2.33 bits per heavy atom. The number of pyridine rings is 2. The van der Waals surface area contributed by atoms with Gasteiger partial charge >= 0.3 is 0 Å². The third-order valence-electron chi connectivity index (χ3n) is 6.97. The summed E-state index contributed by atoms with van der Waals surface area (Å²) in [5, 5.41) is 0.798. The second-order valence-corrected chi connectivity index (χ2v) is 9.16. The van der Waals surface area contributed by atoms with Crippen LogP contribution in [-0.2, 0) is 5.41 Å². The summed E-state index contributed by atoms with van der Waals surface area (Å²) >= 11 is 0. The maximum absolute atomic E-state index is 13.9. The summed E-state index contributed by atoms with van der Waals surface area (Å²) in [5.74, 6) is 0.0217. The monoisotopic (exact) mass is 435 g/mol. The Morgan fingerprint density at radius 2 is 1.61 bits per heavy atom. The molecule has 0 N–H and O–H groups in total. The first-order chi connectivity index (χ1) is 16.2. The molecule has 0 atom stereocenters. The molecule has 4 nitrogen and oxygen atoms in total. The van der Waals surface area contributed by atoms with Crippen LogP contribution in [0, 0.1) is 0 Å². The standard InChI is InChI=1S/C29H29N3O/c1-32(21-29(17-9-4-10-18-29)23-14-7-3-8-15-23)28(33)25-20-26(22-12-5-2-6-13-22)31-27-24(25)16-11-19-30-27/h2-3,5-8,11-16,19-20H,4,9-10,17-18,21H2,1H3. The van der Waals surface area contributed by atoms with Gasteiger partial charge in [-0.3, -0.25) is 4.79 Å². The van der Waals surface area contributed by atoms with E-state index in [9.17, 15) is 4.79 Å². The van der Waals surface area contributed by atoms with Crippen LogP contribution in [0.15, 0.2) is 85.1 Å². The van der Waals surface area contributed by atoms with E-state index in [-0.39, 0.29) is 11.3 Å². The summed E-state index contributed by atoms with van der Waals surface area (Å²) in [5.41, 5.74) is 4.37. The number of likely N-dealkylation sites (N-methyl/N-ethyl adjacent to an activating group) is 1. The molecule has 4 aromatic rings. The molecule has 1 amide bonds. The molecule has 0 unspecified atom stereocenters. The molecular weight excluding hydrogens is 406 g/mol. The summed E-state index contributed by atoms with van der Waals surface area (Å²) in [6.07, 6.45) is 7.64. The van der Waals surface area contributed by atoms with Gasteiger partial charge in [0, 0.05) is 36.2 Å². The van der Waals surface area contributed by atoms with Gasteiger partial charge in [0.1, 0.15) is 0 Å². The zero-order valence-electron chi connectivity index (χ0n) is 19.1. The van der Waals surface area contributed by atoms with Crippen molar-refractivity contribution in [1.29, 1.82) is 0 Å². The van der Waals surface area contributed by atoms with Crippen molar-refractivity contribution in [2.24, 2.45) is 0 Å². The first-order valence-electron chi connectivity index (χ1n) is 11.8. The average Bonchev–Trinajstić information content (AvgIpc) is 2.89. The highest BCUT2D eigenvalue weighted by Gasteiger charge is 2.36. The highest BCUT2D eigenvalue weighted by atomic mass is 16.2. The summed E-state index contributed by atoms with van der Waals surface area (Å²) in [4.78, 5) is 25.0. The number of hydrogen-bond donors (Lipinski definition) is 0. The largest absolute Gasteiger partial charge is 0.341 e. The molecule has 5 rings (SSSR count). The van der Waals surface area contributed by atoms with Gasteiger partial charge in [0.2, 0.25) is 0 Å². The fourth-order valence-corrected chi connectivity index (χ4v) is 5.28. The molecule has 0 bridgehead atoms. The Balaban J connectivity index is 1.53. The Kier molecular flexibility index (Phi) is 5.91. The SMILES string of the molecule is CN(CC1(c2ccccc2)CCCCC1)C(=O)c1cc(-c2ccccc2)nc2ncccc12. The van der Waals surface area contributed by atoms with Crippen LogP contribution in [0.2, 0.25) is 0 Å². The van der Waals surface area contributed by atoms with Crippen molar-refractivity contribution < 1.29 is 4.79 Å². The highest BCUT2D eigenvalue weighted by Crippen LogP contribution is 2.40. The molecule has 1 fully saturated rings. The number of amides is 1. The van der Waals surface area contributed by atoms with Gasteiger partial charge in [0.15, 0.2) is 5.65 Å². The molecule has 33 heavy (non-hydrogen) atoms. The summed E-state index contributed by atoms with van der Waals surface area (Å²) in [7, 11) is 1.94.